The zero-order valence-electron chi connectivity index (χ0n) is 16.8. The summed E-state index contributed by atoms with van der Waals surface area (Å²) in [6.45, 7) is 4.73. The van der Waals surface area contributed by atoms with Crippen molar-refractivity contribution in [1.82, 2.24) is 14.9 Å². The summed E-state index contributed by atoms with van der Waals surface area (Å²) in [5.74, 6) is 1.49. The van der Waals surface area contributed by atoms with E-state index in [0.29, 0.717) is 33.9 Å². The summed E-state index contributed by atoms with van der Waals surface area (Å²) < 4.78 is 5.31. The number of amides is 1. The summed E-state index contributed by atoms with van der Waals surface area (Å²) in [6, 6.07) is 11.5. The lowest BCUT2D eigenvalue weighted by Gasteiger charge is -2.36. The van der Waals surface area contributed by atoms with Crippen LogP contribution in [0.4, 0.5) is 16.6 Å². The average Bonchev–Trinajstić information content (AvgIpc) is 3.15. The Hall–Kier alpha value is -2.84. The Labute approximate surface area is 184 Å². The van der Waals surface area contributed by atoms with Crippen molar-refractivity contribution in [2.24, 2.45) is 0 Å². The number of carbonyl (C=O) groups is 1. The molecule has 0 unspecified atom stereocenters. The van der Waals surface area contributed by atoms with Gasteiger partial charge in [0.25, 0.3) is 5.91 Å². The van der Waals surface area contributed by atoms with Crippen LogP contribution in [0, 0.1) is 6.92 Å². The number of nitrogens with zero attached hydrogens (tertiary/aromatic N) is 4. The van der Waals surface area contributed by atoms with Crippen molar-refractivity contribution in [2.75, 3.05) is 43.5 Å². The number of methoxy groups -OCH3 is 1. The molecule has 1 aliphatic rings. The third-order valence-electron chi connectivity index (χ3n) is 4.94. The summed E-state index contributed by atoms with van der Waals surface area (Å²) in [7, 11) is 1.67. The topological polar surface area (TPSA) is 70.6 Å². The van der Waals surface area contributed by atoms with Gasteiger partial charge in [0.2, 0.25) is 0 Å². The Morgan fingerprint density at radius 2 is 2.00 bits per heavy atom. The molecule has 9 heteroatoms. The van der Waals surface area contributed by atoms with Crippen molar-refractivity contribution in [2.45, 2.75) is 6.92 Å². The number of halogens is 1. The van der Waals surface area contributed by atoms with Gasteiger partial charge in [-0.15, -0.1) is 0 Å². The van der Waals surface area contributed by atoms with Crippen molar-refractivity contribution in [1.29, 1.82) is 0 Å². The molecule has 0 aliphatic carbocycles. The molecule has 0 spiro atoms. The number of aryl methyl sites for hydroxylation is 1. The molecule has 0 saturated carbocycles. The van der Waals surface area contributed by atoms with Crippen LogP contribution in [0.25, 0.3) is 0 Å². The van der Waals surface area contributed by atoms with Crippen LogP contribution in [0.2, 0.25) is 5.02 Å². The van der Waals surface area contributed by atoms with Crippen LogP contribution in [0.3, 0.4) is 0 Å². The molecule has 1 saturated heterocycles. The minimum absolute atomic E-state index is 0.0207. The third kappa shape index (κ3) is 4.49. The molecule has 7 nitrogen and oxygen atoms in total. The Balaban J connectivity index is 1.40. The van der Waals surface area contributed by atoms with Crippen molar-refractivity contribution in [3.63, 3.8) is 0 Å². The van der Waals surface area contributed by atoms with Crippen LogP contribution >= 0.6 is 22.9 Å². The van der Waals surface area contributed by atoms with Crippen LogP contribution in [-0.2, 0) is 0 Å². The molecule has 0 bridgehead atoms. The second kappa shape index (κ2) is 8.89. The van der Waals surface area contributed by atoms with Crippen LogP contribution in [0.5, 0.6) is 5.75 Å². The zero-order valence-corrected chi connectivity index (χ0v) is 18.3. The number of rotatable bonds is 5. The van der Waals surface area contributed by atoms with E-state index in [1.807, 2.05) is 30.0 Å². The number of nitrogens with one attached hydrogen (secondary N) is 1. The fourth-order valence-corrected chi connectivity index (χ4v) is 4.38. The molecule has 1 amide bonds. The maximum absolute atomic E-state index is 13.1. The maximum atomic E-state index is 13.1. The van der Waals surface area contributed by atoms with Gasteiger partial charge in [-0.05, 0) is 31.2 Å². The van der Waals surface area contributed by atoms with Crippen LogP contribution in [-0.4, -0.2) is 54.1 Å². The van der Waals surface area contributed by atoms with E-state index in [-0.39, 0.29) is 5.91 Å². The van der Waals surface area contributed by atoms with Gasteiger partial charge in [-0.1, -0.05) is 29.0 Å². The molecular formula is C21H22ClN5O2S. The molecule has 0 radical (unpaired) electrons. The Morgan fingerprint density at radius 1 is 1.20 bits per heavy atom. The molecule has 1 aliphatic heterocycles. The highest BCUT2D eigenvalue weighted by molar-refractivity contribution is 7.17. The first-order chi connectivity index (χ1) is 14.5. The number of anilines is 3. The predicted molar refractivity (Wildman–Crippen MR) is 120 cm³/mol. The highest BCUT2D eigenvalue weighted by Crippen LogP contribution is 2.28. The Kier molecular flexibility index (Phi) is 6.06. The van der Waals surface area contributed by atoms with Gasteiger partial charge in [0.15, 0.2) is 5.13 Å². The summed E-state index contributed by atoms with van der Waals surface area (Å²) in [6.07, 6.45) is 1.57. The van der Waals surface area contributed by atoms with Crippen molar-refractivity contribution < 1.29 is 9.53 Å². The van der Waals surface area contributed by atoms with E-state index in [9.17, 15) is 4.79 Å². The number of benzene rings is 1. The molecular weight excluding hydrogens is 422 g/mol. The van der Waals surface area contributed by atoms with Gasteiger partial charge in [0, 0.05) is 44.1 Å². The normalized spacial score (nSPS) is 14.0. The molecule has 156 valence electrons. The second-order valence-corrected chi connectivity index (χ2v) is 8.34. The number of pyridine rings is 1. The van der Waals surface area contributed by atoms with Gasteiger partial charge in [0.1, 0.15) is 16.4 Å². The predicted octanol–water partition coefficient (Wildman–Crippen LogP) is 4.21. The van der Waals surface area contributed by atoms with Crippen molar-refractivity contribution >= 4 is 45.5 Å². The number of aromatic nitrogens is 2. The zero-order chi connectivity index (χ0) is 21.1. The fourth-order valence-electron chi connectivity index (χ4n) is 3.33. The summed E-state index contributed by atoms with van der Waals surface area (Å²) in [5.41, 5.74) is 1.83. The molecule has 1 aromatic carbocycles. The summed E-state index contributed by atoms with van der Waals surface area (Å²) >= 11 is 7.22. The lowest BCUT2D eigenvalue weighted by molar-refractivity contribution is 0.0750. The molecule has 3 aromatic rings. The van der Waals surface area contributed by atoms with Gasteiger partial charge in [-0.2, -0.15) is 0 Å². The largest absolute Gasteiger partial charge is 0.497 e. The van der Waals surface area contributed by atoms with Gasteiger partial charge in [-0.3, -0.25) is 4.79 Å². The van der Waals surface area contributed by atoms with Crippen LogP contribution in [0.1, 0.15) is 15.4 Å². The van der Waals surface area contributed by atoms with Crippen molar-refractivity contribution in [3.05, 3.63) is 58.2 Å². The first-order valence-corrected chi connectivity index (χ1v) is 10.8. The van der Waals surface area contributed by atoms with E-state index in [4.69, 9.17) is 16.3 Å². The Morgan fingerprint density at radius 3 is 2.70 bits per heavy atom. The lowest BCUT2D eigenvalue weighted by Crippen LogP contribution is -2.48. The highest BCUT2D eigenvalue weighted by atomic mass is 35.5. The first kappa shape index (κ1) is 20.4. The molecule has 3 heterocycles. The highest BCUT2D eigenvalue weighted by Gasteiger charge is 2.26. The molecule has 4 rings (SSSR count). The average molecular weight is 444 g/mol. The number of piperazine rings is 1. The number of hydrogen-bond acceptors (Lipinski definition) is 7. The van der Waals surface area contributed by atoms with E-state index in [1.54, 1.807) is 25.4 Å². The van der Waals surface area contributed by atoms with E-state index in [1.165, 1.54) is 11.3 Å². The molecule has 1 N–H and O–H groups in total. The lowest BCUT2D eigenvalue weighted by atomic mass is 10.2. The first-order valence-electron chi connectivity index (χ1n) is 9.58. The van der Waals surface area contributed by atoms with Crippen molar-refractivity contribution in [3.8, 4) is 5.75 Å². The summed E-state index contributed by atoms with van der Waals surface area (Å²) in [5, 5.41) is 4.35. The third-order valence-corrected chi connectivity index (χ3v) is 6.22. The molecule has 30 heavy (non-hydrogen) atoms. The van der Waals surface area contributed by atoms with Gasteiger partial charge in [-0.25, -0.2) is 9.97 Å². The minimum Gasteiger partial charge on any atom is -0.497 e. The van der Waals surface area contributed by atoms with E-state index < -0.39 is 0 Å². The van der Waals surface area contributed by atoms with Gasteiger partial charge < -0.3 is 19.9 Å². The fraction of sp³-hybridized carbons (Fsp3) is 0.286. The smallest absolute Gasteiger partial charge is 0.266 e. The molecule has 0 atom stereocenters. The van der Waals surface area contributed by atoms with Crippen LogP contribution < -0.4 is 15.0 Å². The molecule has 1 fully saturated rings. The molecule has 2 aromatic heterocycles. The van der Waals surface area contributed by atoms with Crippen LogP contribution in [0.15, 0.2) is 42.6 Å². The summed E-state index contributed by atoms with van der Waals surface area (Å²) in [4.78, 5) is 26.6. The number of carbonyl (C=O) groups excluding carboxylic acids is 1. The number of ether oxygens (including phenoxy) is 1. The maximum Gasteiger partial charge on any atom is 0.266 e. The van der Waals surface area contributed by atoms with E-state index in [0.717, 1.165) is 30.2 Å². The number of hydrogen-bond donors (Lipinski definition) is 1. The Bertz CT molecular complexity index is 1030. The second-order valence-electron chi connectivity index (χ2n) is 6.90. The van der Waals surface area contributed by atoms with E-state index >= 15 is 0 Å². The van der Waals surface area contributed by atoms with E-state index in [2.05, 4.69) is 26.3 Å². The SMILES string of the molecule is COc1cccc(N2CCN(C(=O)c3sc(Nc4ccc(Cl)cn4)nc3C)CC2)c1. The van der Waals surface area contributed by atoms with Gasteiger partial charge >= 0.3 is 0 Å². The monoisotopic (exact) mass is 443 g/mol. The number of thiazole rings is 1. The standard InChI is InChI=1S/C21H22ClN5O2S/c1-14-19(30-21(24-14)25-18-7-6-15(22)13-23-18)20(28)27-10-8-26(9-11-27)16-4-3-5-17(12-16)29-2/h3-7,12-13H,8-11H2,1-2H3,(H,23,24,25). The quantitative estimate of drug-likeness (QED) is 0.636. The van der Waals surface area contributed by atoms with Gasteiger partial charge in [0.05, 0.1) is 17.8 Å². The minimum atomic E-state index is 0.0207.